The van der Waals surface area contributed by atoms with Gasteiger partial charge in [-0.3, -0.25) is 4.79 Å². The Kier molecular flexibility index (Phi) is 5.40. The fourth-order valence-electron chi connectivity index (χ4n) is 4.68. The number of hydrogen-bond donors (Lipinski definition) is 1. The Morgan fingerprint density at radius 1 is 0.971 bits per heavy atom. The smallest absolute Gasteiger partial charge is 0.261 e. The first-order valence-corrected chi connectivity index (χ1v) is 12.4. The zero-order valence-corrected chi connectivity index (χ0v) is 19.7. The lowest BCUT2D eigenvalue weighted by Gasteiger charge is -2.09. The Bertz CT molecular complexity index is 1710. The van der Waals surface area contributed by atoms with Crippen LogP contribution in [-0.4, -0.2) is 5.91 Å². The summed E-state index contributed by atoms with van der Waals surface area (Å²) in [6.45, 7) is 0. The number of anilines is 1. The maximum Gasteiger partial charge on any atom is 0.261 e. The van der Waals surface area contributed by atoms with E-state index in [4.69, 9.17) is 9.41 Å². The summed E-state index contributed by atoms with van der Waals surface area (Å²) in [5.41, 5.74) is 3.56. The van der Waals surface area contributed by atoms with E-state index in [0.717, 1.165) is 47.4 Å². The number of fused-ring (bicyclic) bond motifs is 4. The van der Waals surface area contributed by atoms with Crippen LogP contribution in [0.2, 0.25) is 0 Å². The number of benzene rings is 3. The summed E-state index contributed by atoms with van der Waals surface area (Å²) in [6, 6.07) is 25.4. The van der Waals surface area contributed by atoms with Crippen LogP contribution in [0, 0.1) is 11.3 Å². The largest absolute Gasteiger partial charge is 0.437 e. The summed E-state index contributed by atoms with van der Waals surface area (Å²) in [7, 11) is 0. The number of nitriles is 1. The zero-order chi connectivity index (χ0) is 23.8. The molecule has 2 heterocycles. The molecule has 0 saturated carbocycles. The molecular weight excluding hydrogens is 454 g/mol. The molecule has 0 aliphatic heterocycles. The van der Waals surface area contributed by atoms with Crippen LogP contribution in [0.25, 0.3) is 21.7 Å². The lowest BCUT2D eigenvalue weighted by molar-refractivity contribution is 0.102. The van der Waals surface area contributed by atoms with Crippen molar-refractivity contribution >= 4 is 49.7 Å². The van der Waals surface area contributed by atoms with Crippen molar-refractivity contribution in [2.75, 3.05) is 5.32 Å². The number of nitrogens with one attached hydrogen (secondary N) is 1. The van der Waals surface area contributed by atoms with Crippen LogP contribution in [0.15, 0.2) is 82.2 Å². The van der Waals surface area contributed by atoms with Crippen LogP contribution < -0.4 is 10.9 Å². The Balaban J connectivity index is 1.59. The van der Waals surface area contributed by atoms with Crippen LogP contribution in [0.1, 0.15) is 39.2 Å². The normalized spacial score (nSPS) is 13.5. The van der Waals surface area contributed by atoms with Crippen LogP contribution in [0.4, 0.5) is 10.7 Å². The molecule has 2 aromatic heterocycles. The van der Waals surface area contributed by atoms with Crippen LogP contribution in [-0.2, 0) is 12.8 Å². The summed E-state index contributed by atoms with van der Waals surface area (Å²) in [6.07, 6.45) is 4.06. The number of para-hydroxylation sites is 1. The highest BCUT2D eigenvalue weighted by Crippen LogP contribution is 2.39. The molecule has 1 aliphatic rings. The second-order valence-corrected chi connectivity index (χ2v) is 9.68. The molecule has 170 valence electrons. The summed E-state index contributed by atoms with van der Waals surface area (Å²) >= 11 is 1.53. The van der Waals surface area contributed by atoms with E-state index >= 15 is 0 Å². The molecule has 1 amide bonds. The maximum atomic E-state index is 13.5. The van der Waals surface area contributed by atoms with Gasteiger partial charge >= 0.3 is 0 Å². The van der Waals surface area contributed by atoms with Gasteiger partial charge in [0.15, 0.2) is 0 Å². The highest BCUT2D eigenvalue weighted by molar-refractivity contribution is 7.16. The third kappa shape index (κ3) is 3.90. The first-order chi connectivity index (χ1) is 17.2. The molecule has 3 aromatic carbocycles. The molecule has 0 spiro atoms. The van der Waals surface area contributed by atoms with Gasteiger partial charge in [-0.05, 0) is 66.3 Å². The highest BCUT2D eigenvalue weighted by Gasteiger charge is 2.22. The number of aryl methyl sites for hydroxylation is 1. The number of hydrogen-bond acceptors (Lipinski definition) is 5. The van der Waals surface area contributed by atoms with E-state index in [-0.39, 0.29) is 11.5 Å². The van der Waals surface area contributed by atoms with Gasteiger partial charge in [-0.1, -0.05) is 48.5 Å². The van der Waals surface area contributed by atoms with Gasteiger partial charge in [-0.25, -0.2) is 4.99 Å². The monoisotopic (exact) mass is 475 g/mol. The Morgan fingerprint density at radius 2 is 1.77 bits per heavy atom. The van der Waals surface area contributed by atoms with Gasteiger partial charge in [0.05, 0.1) is 5.56 Å². The van der Waals surface area contributed by atoms with Crippen molar-refractivity contribution in [2.24, 2.45) is 4.99 Å². The van der Waals surface area contributed by atoms with E-state index in [1.54, 1.807) is 0 Å². The van der Waals surface area contributed by atoms with Crippen molar-refractivity contribution in [1.29, 1.82) is 5.26 Å². The van der Waals surface area contributed by atoms with Crippen LogP contribution >= 0.6 is 11.3 Å². The van der Waals surface area contributed by atoms with Gasteiger partial charge in [0.1, 0.15) is 22.2 Å². The van der Waals surface area contributed by atoms with Gasteiger partial charge in [0.25, 0.3) is 5.91 Å². The molecule has 0 unspecified atom stereocenters. The Morgan fingerprint density at radius 3 is 2.63 bits per heavy atom. The first kappa shape index (κ1) is 21.3. The summed E-state index contributed by atoms with van der Waals surface area (Å²) in [4.78, 5) is 19.5. The van der Waals surface area contributed by atoms with E-state index in [1.165, 1.54) is 16.2 Å². The second kappa shape index (κ2) is 8.86. The molecule has 0 bridgehead atoms. The molecular formula is C29H21N3O2S. The fourth-order valence-corrected chi connectivity index (χ4v) is 5.89. The van der Waals surface area contributed by atoms with Crippen LogP contribution in [0.3, 0.4) is 0 Å². The zero-order valence-electron chi connectivity index (χ0n) is 18.9. The second-order valence-electron chi connectivity index (χ2n) is 8.60. The van der Waals surface area contributed by atoms with Crippen molar-refractivity contribution < 1.29 is 9.21 Å². The minimum Gasteiger partial charge on any atom is -0.437 e. The maximum absolute atomic E-state index is 13.5. The number of amides is 1. The SMILES string of the molecule is N#Cc1c(N=c2oc3ccc4ccccc4c3cc2C(=O)Nc2ccccc2)sc2c1CCCC2. The number of carbonyl (C=O) groups is 1. The van der Waals surface area contributed by atoms with Crippen molar-refractivity contribution in [3.8, 4) is 6.07 Å². The minimum absolute atomic E-state index is 0.205. The lowest BCUT2D eigenvalue weighted by Crippen LogP contribution is -2.21. The van der Waals surface area contributed by atoms with Crippen molar-refractivity contribution in [2.45, 2.75) is 25.7 Å². The van der Waals surface area contributed by atoms with Gasteiger partial charge in [-0.2, -0.15) is 5.26 Å². The quantitative estimate of drug-likeness (QED) is 0.289. The standard InChI is InChI=1S/C29H21N3O2S/c30-17-24-21-12-6-7-13-26(21)35-29(24)32-28-23(27(33)31-19-9-2-1-3-10-19)16-22-20-11-5-4-8-18(20)14-15-25(22)34-28/h1-5,8-11,14-16H,6-7,12-13H2,(H,31,33). The number of nitrogens with zero attached hydrogens (tertiary/aromatic N) is 2. The molecule has 6 heteroatoms. The number of rotatable bonds is 3. The third-order valence-corrected chi connectivity index (χ3v) is 7.59. The molecule has 0 atom stereocenters. The van der Waals surface area contributed by atoms with E-state index < -0.39 is 0 Å². The molecule has 1 N–H and O–H groups in total. The summed E-state index contributed by atoms with van der Waals surface area (Å²) in [5.74, 6) is -0.312. The predicted octanol–water partition coefficient (Wildman–Crippen LogP) is 6.88. The molecule has 0 fully saturated rings. The number of carbonyl (C=O) groups excluding carboxylic acids is 1. The van der Waals surface area contributed by atoms with Crippen LogP contribution in [0.5, 0.6) is 0 Å². The van der Waals surface area contributed by atoms with E-state index in [9.17, 15) is 10.1 Å². The minimum atomic E-state index is -0.312. The average molecular weight is 476 g/mol. The van der Waals surface area contributed by atoms with Gasteiger partial charge in [0.2, 0.25) is 5.55 Å². The predicted molar refractivity (Wildman–Crippen MR) is 139 cm³/mol. The topological polar surface area (TPSA) is 78.4 Å². The van der Waals surface area contributed by atoms with Gasteiger partial charge in [-0.15, -0.1) is 11.3 Å². The summed E-state index contributed by atoms with van der Waals surface area (Å²) in [5, 5.41) is 16.4. The fraction of sp³-hybridized carbons (Fsp3) is 0.138. The van der Waals surface area contributed by atoms with E-state index in [1.807, 2.05) is 72.8 Å². The van der Waals surface area contributed by atoms with Gasteiger partial charge < -0.3 is 9.73 Å². The molecule has 5 aromatic rings. The number of thiophene rings is 1. The van der Waals surface area contributed by atoms with E-state index in [2.05, 4.69) is 11.4 Å². The Labute approximate surface area is 206 Å². The van der Waals surface area contributed by atoms with Crippen molar-refractivity contribution in [1.82, 2.24) is 0 Å². The highest BCUT2D eigenvalue weighted by atomic mass is 32.1. The third-order valence-electron chi connectivity index (χ3n) is 6.40. The molecule has 0 radical (unpaired) electrons. The van der Waals surface area contributed by atoms with Crippen molar-refractivity contribution in [3.63, 3.8) is 0 Å². The first-order valence-electron chi connectivity index (χ1n) is 11.6. The molecule has 1 aliphatic carbocycles. The molecule has 6 rings (SSSR count). The molecule has 5 nitrogen and oxygen atoms in total. The molecule has 35 heavy (non-hydrogen) atoms. The average Bonchev–Trinajstić information content (AvgIpc) is 3.25. The lowest BCUT2D eigenvalue weighted by atomic mass is 9.96. The molecule has 0 saturated heterocycles. The van der Waals surface area contributed by atoms with Crippen molar-refractivity contribution in [3.05, 3.63) is 99.9 Å². The summed E-state index contributed by atoms with van der Waals surface area (Å²) < 4.78 is 6.27. The van der Waals surface area contributed by atoms with Gasteiger partial charge in [0, 0.05) is 16.0 Å². The Hall–Kier alpha value is -4.21. The van der Waals surface area contributed by atoms with E-state index in [0.29, 0.717) is 27.4 Å².